The van der Waals surface area contributed by atoms with Gasteiger partial charge in [-0.05, 0) is 38.5 Å². The highest BCUT2D eigenvalue weighted by Crippen LogP contribution is 2.17. The number of benzene rings is 1. The average molecular weight is 283 g/mol. The largest absolute Gasteiger partial charge is 0.386 e. The van der Waals surface area contributed by atoms with Gasteiger partial charge in [-0.3, -0.25) is 4.79 Å². The lowest BCUT2D eigenvalue weighted by Crippen LogP contribution is -2.37. The van der Waals surface area contributed by atoms with Crippen LogP contribution in [0.15, 0.2) is 24.3 Å². The molecule has 2 N–H and O–H groups in total. The van der Waals surface area contributed by atoms with Crippen LogP contribution in [0.5, 0.6) is 0 Å². The molecule has 112 valence electrons. The molecule has 1 amide bonds. The summed E-state index contributed by atoms with van der Waals surface area (Å²) in [5.74, 6) is -0.539. The van der Waals surface area contributed by atoms with Crippen LogP contribution in [0.1, 0.15) is 38.9 Å². The molecular formula is C15H22FNO3. The highest BCUT2D eigenvalue weighted by molar-refractivity contribution is 5.76. The molecule has 0 aliphatic carbocycles. The molecule has 20 heavy (non-hydrogen) atoms. The van der Waals surface area contributed by atoms with Gasteiger partial charge in [0.15, 0.2) is 0 Å². The summed E-state index contributed by atoms with van der Waals surface area (Å²) in [6, 6.07) is 5.12. The summed E-state index contributed by atoms with van der Waals surface area (Å²) in [4.78, 5) is 11.7. The third-order valence-corrected chi connectivity index (χ3v) is 2.85. The molecule has 0 aliphatic rings. The molecule has 1 aromatic rings. The van der Waals surface area contributed by atoms with Gasteiger partial charge in [0.25, 0.3) is 0 Å². The second kappa shape index (κ2) is 7.97. The van der Waals surface area contributed by atoms with Crippen LogP contribution in [0.3, 0.4) is 0 Å². The number of ether oxygens (including phenoxy) is 1. The Labute approximate surface area is 119 Å². The number of carbonyl (C=O) groups excluding carboxylic acids is 1. The Morgan fingerprint density at radius 2 is 1.90 bits per heavy atom. The molecule has 0 aliphatic heterocycles. The van der Waals surface area contributed by atoms with Crippen molar-refractivity contribution in [2.75, 3.05) is 6.61 Å². The minimum absolute atomic E-state index is 0.0880. The van der Waals surface area contributed by atoms with Crippen molar-refractivity contribution in [1.82, 2.24) is 5.32 Å². The van der Waals surface area contributed by atoms with Crippen molar-refractivity contribution in [1.29, 1.82) is 0 Å². The van der Waals surface area contributed by atoms with Gasteiger partial charge in [0.05, 0.1) is 24.9 Å². The molecule has 0 saturated heterocycles. The number of nitrogens with one attached hydrogen (secondary N) is 1. The molecule has 0 spiro atoms. The van der Waals surface area contributed by atoms with Crippen molar-refractivity contribution in [2.45, 2.75) is 45.4 Å². The number of hydrogen-bond acceptors (Lipinski definition) is 3. The Hall–Kier alpha value is -1.46. The van der Waals surface area contributed by atoms with Gasteiger partial charge in [-0.15, -0.1) is 0 Å². The summed E-state index contributed by atoms with van der Waals surface area (Å²) in [6.45, 7) is 5.86. The van der Waals surface area contributed by atoms with Crippen LogP contribution in [0, 0.1) is 5.82 Å². The van der Waals surface area contributed by atoms with Crippen LogP contribution in [0.25, 0.3) is 0 Å². The number of rotatable bonds is 7. The van der Waals surface area contributed by atoms with E-state index >= 15 is 0 Å². The van der Waals surface area contributed by atoms with E-state index in [0.717, 1.165) is 0 Å². The average Bonchev–Trinajstić information content (AvgIpc) is 2.38. The SMILES string of the molecule is CC(C)OCCC(=O)NC(C)C(O)c1ccc(F)cc1. The second-order valence-electron chi connectivity index (χ2n) is 5.02. The smallest absolute Gasteiger partial charge is 0.222 e. The van der Waals surface area contributed by atoms with Gasteiger partial charge in [0, 0.05) is 6.42 Å². The molecule has 2 atom stereocenters. The number of amides is 1. The van der Waals surface area contributed by atoms with E-state index in [-0.39, 0.29) is 24.2 Å². The Balaban J connectivity index is 2.43. The Morgan fingerprint density at radius 3 is 2.45 bits per heavy atom. The summed E-state index contributed by atoms with van der Waals surface area (Å²) in [6.07, 6.45) is -0.533. The standard InChI is InChI=1S/C15H22FNO3/c1-10(2)20-9-8-14(18)17-11(3)15(19)12-4-6-13(16)7-5-12/h4-7,10-11,15,19H,8-9H2,1-3H3,(H,17,18). The van der Waals surface area contributed by atoms with Crippen LogP contribution in [-0.4, -0.2) is 29.8 Å². The summed E-state index contributed by atoms with van der Waals surface area (Å²) < 4.78 is 18.1. The van der Waals surface area contributed by atoms with Crippen LogP contribution in [0.2, 0.25) is 0 Å². The number of carbonyl (C=O) groups is 1. The molecule has 0 aromatic heterocycles. The first-order valence-electron chi connectivity index (χ1n) is 6.74. The van der Waals surface area contributed by atoms with Gasteiger partial charge in [-0.2, -0.15) is 0 Å². The van der Waals surface area contributed by atoms with E-state index in [1.807, 2.05) is 13.8 Å². The molecule has 2 unspecified atom stereocenters. The highest BCUT2D eigenvalue weighted by atomic mass is 19.1. The molecule has 1 rings (SSSR count). The first kappa shape index (κ1) is 16.6. The molecule has 0 heterocycles. The fraction of sp³-hybridized carbons (Fsp3) is 0.533. The van der Waals surface area contributed by atoms with Gasteiger partial charge >= 0.3 is 0 Å². The van der Waals surface area contributed by atoms with Gasteiger partial charge in [0.2, 0.25) is 5.91 Å². The monoisotopic (exact) mass is 283 g/mol. The van der Waals surface area contributed by atoms with Gasteiger partial charge in [0.1, 0.15) is 5.82 Å². The topological polar surface area (TPSA) is 58.6 Å². The van der Waals surface area contributed by atoms with Gasteiger partial charge in [-0.1, -0.05) is 12.1 Å². The van der Waals surface area contributed by atoms with Crippen molar-refractivity contribution < 1.29 is 19.0 Å². The van der Waals surface area contributed by atoms with Crippen molar-refractivity contribution in [3.8, 4) is 0 Å². The van der Waals surface area contributed by atoms with Crippen molar-refractivity contribution in [3.05, 3.63) is 35.6 Å². The predicted octanol–water partition coefficient (Wildman–Crippen LogP) is 2.18. The second-order valence-corrected chi connectivity index (χ2v) is 5.02. The zero-order valence-electron chi connectivity index (χ0n) is 12.1. The van der Waals surface area contributed by atoms with Crippen LogP contribution in [0.4, 0.5) is 4.39 Å². The fourth-order valence-corrected chi connectivity index (χ4v) is 1.74. The minimum atomic E-state index is -0.870. The number of hydrogen-bond donors (Lipinski definition) is 2. The third kappa shape index (κ3) is 5.67. The highest BCUT2D eigenvalue weighted by Gasteiger charge is 2.18. The van der Waals surface area contributed by atoms with E-state index in [1.165, 1.54) is 24.3 Å². The zero-order valence-corrected chi connectivity index (χ0v) is 12.1. The predicted molar refractivity (Wildman–Crippen MR) is 74.7 cm³/mol. The Kier molecular flexibility index (Phi) is 6.61. The van der Waals surface area contributed by atoms with Crippen molar-refractivity contribution in [3.63, 3.8) is 0 Å². The minimum Gasteiger partial charge on any atom is -0.386 e. The third-order valence-electron chi connectivity index (χ3n) is 2.85. The van der Waals surface area contributed by atoms with E-state index in [2.05, 4.69) is 5.32 Å². The molecule has 0 fully saturated rings. The molecule has 0 radical (unpaired) electrons. The maximum absolute atomic E-state index is 12.8. The quantitative estimate of drug-likeness (QED) is 0.806. The first-order chi connectivity index (χ1) is 9.40. The van der Waals surface area contributed by atoms with E-state index < -0.39 is 12.1 Å². The molecule has 4 nitrogen and oxygen atoms in total. The lowest BCUT2D eigenvalue weighted by molar-refractivity contribution is -0.123. The summed E-state index contributed by atoms with van der Waals surface area (Å²) in [7, 11) is 0. The lowest BCUT2D eigenvalue weighted by Gasteiger charge is -2.20. The zero-order chi connectivity index (χ0) is 15.1. The van der Waals surface area contributed by atoms with E-state index in [4.69, 9.17) is 4.74 Å². The van der Waals surface area contributed by atoms with Crippen molar-refractivity contribution >= 4 is 5.91 Å². The molecular weight excluding hydrogens is 261 g/mol. The normalized spacial score (nSPS) is 14.1. The van der Waals surface area contributed by atoms with Gasteiger partial charge in [-0.25, -0.2) is 4.39 Å². The summed E-state index contributed by atoms with van der Waals surface area (Å²) in [5, 5.41) is 12.8. The Bertz CT molecular complexity index is 420. The number of halogens is 1. The molecule has 0 saturated carbocycles. The summed E-state index contributed by atoms with van der Waals surface area (Å²) >= 11 is 0. The molecule has 0 bridgehead atoms. The Morgan fingerprint density at radius 1 is 1.30 bits per heavy atom. The maximum atomic E-state index is 12.8. The molecule has 5 heteroatoms. The van der Waals surface area contributed by atoms with Crippen LogP contribution < -0.4 is 5.32 Å². The van der Waals surface area contributed by atoms with Gasteiger partial charge < -0.3 is 15.2 Å². The first-order valence-corrected chi connectivity index (χ1v) is 6.74. The van der Waals surface area contributed by atoms with Crippen LogP contribution >= 0.6 is 0 Å². The molecule has 1 aromatic carbocycles. The number of aliphatic hydroxyl groups is 1. The lowest BCUT2D eigenvalue weighted by atomic mass is 10.0. The van der Waals surface area contributed by atoms with Crippen molar-refractivity contribution in [2.24, 2.45) is 0 Å². The number of aliphatic hydroxyl groups excluding tert-OH is 1. The van der Waals surface area contributed by atoms with Crippen LogP contribution in [-0.2, 0) is 9.53 Å². The maximum Gasteiger partial charge on any atom is 0.222 e. The van der Waals surface area contributed by atoms with E-state index in [1.54, 1.807) is 6.92 Å². The summed E-state index contributed by atoms with van der Waals surface area (Å²) in [5.41, 5.74) is 0.567. The fourth-order valence-electron chi connectivity index (χ4n) is 1.74. The van der Waals surface area contributed by atoms with E-state index in [9.17, 15) is 14.3 Å². The van der Waals surface area contributed by atoms with E-state index in [0.29, 0.717) is 12.2 Å².